The number of ether oxygens (including phenoxy) is 1. The van der Waals surface area contributed by atoms with Crippen molar-refractivity contribution >= 4 is 21.6 Å². The molecule has 1 aliphatic heterocycles. The molecule has 2 aromatic carbocycles. The molecular formula is C25H34N2O5S. The van der Waals surface area contributed by atoms with Crippen molar-refractivity contribution in [2.75, 3.05) is 24.7 Å². The van der Waals surface area contributed by atoms with Crippen LogP contribution < -0.4 is 10.1 Å². The topological polar surface area (TPSA) is 95.9 Å². The largest absolute Gasteiger partial charge is 0.457 e. The second-order valence-electron chi connectivity index (χ2n) is 8.90. The normalized spacial score (nSPS) is 16.0. The van der Waals surface area contributed by atoms with Crippen LogP contribution in [0, 0.1) is 5.92 Å². The summed E-state index contributed by atoms with van der Waals surface area (Å²) in [4.78, 5) is 14.6. The molecule has 0 aliphatic carbocycles. The Morgan fingerprint density at radius 2 is 1.55 bits per heavy atom. The van der Waals surface area contributed by atoms with Gasteiger partial charge in [-0.25, -0.2) is 13.2 Å². The number of nitrogens with zero attached hydrogens (tertiary/aromatic N) is 1. The standard InChI is InChI=1S/C25H34N2O5S/c1-4-19(5-2)18-25(29)14-16-27(17-15-25)24(28)26-20-6-8-21(9-7-20)32-22-10-12-23(13-11-22)33(3,30)31/h6-13,19,29H,4-5,14-18H2,1-3H3,(H,26,28). The summed E-state index contributed by atoms with van der Waals surface area (Å²) in [5.74, 6) is 1.62. The van der Waals surface area contributed by atoms with E-state index < -0.39 is 15.4 Å². The van der Waals surface area contributed by atoms with Crippen molar-refractivity contribution in [2.45, 2.75) is 56.4 Å². The molecule has 8 heteroatoms. The van der Waals surface area contributed by atoms with Crippen LogP contribution in [0.3, 0.4) is 0 Å². The maximum atomic E-state index is 12.7. The third-order valence-corrected chi connectivity index (χ3v) is 7.53. The van der Waals surface area contributed by atoms with Crippen LogP contribution >= 0.6 is 0 Å². The maximum absolute atomic E-state index is 12.7. The summed E-state index contributed by atoms with van der Waals surface area (Å²) in [5, 5.41) is 13.8. The Hall–Kier alpha value is -2.58. The van der Waals surface area contributed by atoms with E-state index in [1.807, 2.05) is 0 Å². The van der Waals surface area contributed by atoms with E-state index in [4.69, 9.17) is 4.74 Å². The predicted octanol–water partition coefficient (Wildman–Crippen LogP) is 5.07. The van der Waals surface area contributed by atoms with E-state index in [1.165, 1.54) is 12.1 Å². The van der Waals surface area contributed by atoms with Crippen LogP contribution in [0.25, 0.3) is 0 Å². The highest BCUT2D eigenvalue weighted by Crippen LogP contribution is 2.32. The molecule has 33 heavy (non-hydrogen) atoms. The number of piperidine rings is 1. The van der Waals surface area contributed by atoms with Crippen LogP contribution in [0.2, 0.25) is 0 Å². The van der Waals surface area contributed by atoms with Crippen molar-refractivity contribution in [3.05, 3.63) is 48.5 Å². The quantitative estimate of drug-likeness (QED) is 0.557. The average Bonchev–Trinajstić information content (AvgIpc) is 2.79. The molecule has 0 unspecified atom stereocenters. The number of benzene rings is 2. The average molecular weight is 475 g/mol. The minimum atomic E-state index is -3.25. The fraction of sp³-hybridized carbons (Fsp3) is 0.480. The molecule has 1 heterocycles. The number of amides is 2. The number of nitrogens with one attached hydrogen (secondary N) is 1. The zero-order valence-corrected chi connectivity index (χ0v) is 20.4. The summed E-state index contributed by atoms with van der Waals surface area (Å²) < 4.78 is 28.9. The smallest absolute Gasteiger partial charge is 0.321 e. The summed E-state index contributed by atoms with van der Waals surface area (Å²) >= 11 is 0. The Morgan fingerprint density at radius 3 is 2.03 bits per heavy atom. The van der Waals surface area contributed by atoms with Gasteiger partial charge in [0.25, 0.3) is 0 Å². The lowest BCUT2D eigenvalue weighted by Crippen LogP contribution is -2.48. The molecule has 0 spiro atoms. The molecule has 0 atom stereocenters. The van der Waals surface area contributed by atoms with Gasteiger partial charge < -0.3 is 20.1 Å². The first-order chi connectivity index (χ1) is 15.6. The fourth-order valence-corrected chi connectivity index (χ4v) is 4.78. The highest BCUT2D eigenvalue weighted by atomic mass is 32.2. The third-order valence-electron chi connectivity index (χ3n) is 6.40. The number of carbonyl (C=O) groups is 1. The number of aliphatic hydroxyl groups is 1. The van der Waals surface area contributed by atoms with E-state index in [-0.39, 0.29) is 10.9 Å². The molecule has 7 nitrogen and oxygen atoms in total. The molecule has 1 aliphatic rings. The van der Waals surface area contributed by atoms with Gasteiger partial charge in [-0.2, -0.15) is 0 Å². The first-order valence-corrected chi connectivity index (χ1v) is 13.4. The predicted molar refractivity (Wildman–Crippen MR) is 130 cm³/mol. The number of carbonyl (C=O) groups excluding carboxylic acids is 1. The van der Waals surface area contributed by atoms with Gasteiger partial charge in [0.05, 0.1) is 10.5 Å². The lowest BCUT2D eigenvalue weighted by atomic mass is 9.81. The van der Waals surface area contributed by atoms with Gasteiger partial charge in [0.1, 0.15) is 11.5 Å². The van der Waals surface area contributed by atoms with Crippen LogP contribution in [0.15, 0.2) is 53.4 Å². The van der Waals surface area contributed by atoms with E-state index in [0.29, 0.717) is 49.0 Å². The summed E-state index contributed by atoms with van der Waals surface area (Å²) in [5.41, 5.74) is -0.0240. The highest BCUT2D eigenvalue weighted by Gasteiger charge is 2.35. The van der Waals surface area contributed by atoms with Gasteiger partial charge >= 0.3 is 6.03 Å². The fourth-order valence-electron chi connectivity index (χ4n) is 4.14. The van der Waals surface area contributed by atoms with Crippen LogP contribution in [0.4, 0.5) is 10.5 Å². The lowest BCUT2D eigenvalue weighted by Gasteiger charge is -2.39. The van der Waals surface area contributed by atoms with E-state index in [2.05, 4.69) is 19.2 Å². The highest BCUT2D eigenvalue weighted by molar-refractivity contribution is 7.90. The number of rotatable bonds is 8. The Morgan fingerprint density at radius 1 is 1.03 bits per heavy atom. The molecule has 0 saturated carbocycles. The number of sulfone groups is 1. The van der Waals surface area contributed by atoms with Crippen LogP contribution in [-0.2, 0) is 9.84 Å². The first kappa shape index (κ1) is 25.1. The molecule has 2 amide bonds. The van der Waals surface area contributed by atoms with Crippen LogP contribution in [0.5, 0.6) is 11.5 Å². The Bertz CT molecular complexity index is 1020. The summed E-state index contributed by atoms with van der Waals surface area (Å²) in [6, 6.07) is 13.0. The van der Waals surface area contributed by atoms with Gasteiger partial charge in [-0.05, 0) is 73.7 Å². The number of urea groups is 1. The zero-order valence-electron chi connectivity index (χ0n) is 19.6. The van der Waals surface area contributed by atoms with E-state index >= 15 is 0 Å². The Labute approximate surface area is 196 Å². The van der Waals surface area contributed by atoms with E-state index in [9.17, 15) is 18.3 Å². The number of anilines is 1. The van der Waals surface area contributed by atoms with E-state index in [0.717, 1.165) is 25.5 Å². The molecular weight excluding hydrogens is 440 g/mol. The third kappa shape index (κ3) is 6.95. The number of hydrogen-bond donors (Lipinski definition) is 2. The molecule has 0 bridgehead atoms. The Kier molecular flexibility index (Phi) is 8.02. The minimum absolute atomic E-state index is 0.176. The monoisotopic (exact) mass is 474 g/mol. The summed E-state index contributed by atoms with van der Waals surface area (Å²) in [6.45, 7) is 5.39. The van der Waals surface area contributed by atoms with Crippen molar-refractivity contribution in [3.8, 4) is 11.5 Å². The molecule has 1 saturated heterocycles. The summed E-state index contributed by atoms with van der Waals surface area (Å²) in [7, 11) is -3.25. The van der Waals surface area contributed by atoms with Crippen molar-refractivity contribution in [2.24, 2.45) is 5.92 Å². The molecule has 180 valence electrons. The molecule has 2 N–H and O–H groups in total. The van der Waals surface area contributed by atoms with Crippen molar-refractivity contribution in [3.63, 3.8) is 0 Å². The van der Waals surface area contributed by atoms with Crippen molar-refractivity contribution in [1.82, 2.24) is 4.90 Å². The lowest BCUT2D eigenvalue weighted by molar-refractivity contribution is -0.0309. The van der Waals surface area contributed by atoms with Gasteiger partial charge in [0, 0.05) is 25.0 Å². The van der Waals surface area contributed by atoms with Crippen molar-refractivity contribution in [1.29, 1.82) is 0 Å². The minimum Gasteiger partial charge on any atom is -0.457 e. The Balaban J connectivity index is 1.51. The molecule has 1 fully saturated rings. The molecule has 3 rings (SSSR count). The van der Waals surface area contributed by atoms with Crippen LogP contribution in [-0.4, -0.2) is 49.4 Å². The first-order valence-electron chi connectivity index (χ1n) is 11.5. The van der Waals surface area contributed by atoms with Gasteiger partial charge in [-0.15, -0.1) is 0 Å². The SMILES string of the molecule is CCC(CC)CC1(O)CCN(C(=O)Nc2ccc(Oc3ccc(S(C)(=O)=O)cc3)cc2)CC1. The van der Waals surface area contributed by atoms with Gasteiger partial charge in [0.2, 0.25) is 0 Å². The molecule has 2 aromatic rings. The van der Waals surface area contributed by atoms with E-state index in [1.54, 1.807) is 41.3 Å². The van der Waals surface area contributed by atoms with Gasteiger partial charge in [-0.3, -0.25) is 0 Å². The second-order valence-corrected chi connectivity index (χ2v) is 10.9. The summed E-state index contributed by atoms with van der Waals surface area (Å²) in [6.07, 6.45) is 5.29. The van der Waals surface area contributed by atoms with Gasteiger partial charge in [-0.1, -0.05) is 26.7 Å². The van der Waals surface area contributed by atoms with Crippen molar-refractivity contribution < 1.29 is 23.1 Å². The van der Waals surface area contributed by atoms with Gasteiger partial charge in [0.15, 0.2) is 9.84 Å². The molecule has 0 radical (unpaired) electrons. The second kappa shape index (κ2) is 10.6. The molecule has 0 aromatic heterocycles. The maximum Gasteiger partial charge on any atom is 0.321 e. The zero-order chi connectivity index (χ0) is 24.1. The number of likely N-dealkylation sites (tertiary alicyclic amines) is 1. The van der Waals surface area contributed by atoms with Crippen LogP contribution in [0.1, 0.15) is 46.0 Å². The number of hydrogen-bond acceptors (Lipinski definition) is 5.